The number of aldehydes is 1. The maximum atomic E-state index is 13.1. The minimum atomic E-state index is -3.73. The van der Waals surface area contributed by atoms with Gasteiger partial charge in [0, 0.05) is 44.6 Å². The molecule has 3 rings (SSSR count). The van der Waals surface area contributed by atoms with Crippen molar-refractivity contribution in [1.82, 2.24) is 14.3 Å². The maximum absolute atomic E-state index is 13.1. The van der Waals surface area contributed by atoms with Crippen LogP contribution in [-0.4, -0.2) is 68.2 Å². The van der Waals surface area contributed by atoms with Crippen LogP contribution in [0, 0.1) is 0 Å². The van der Waals surface area contributed by atoms with Gasteiger partial charge < -0.3 is 9.64 Å². The van der Waals surface area contributed by atoms with Crippen LogP contribution < -0.4 is 4.90 Å². The number of esters is 1. The predicted molar refractivity (Wildman–Crippen MR) is 133 cm³/mol. The van der Waals surface area contributed by atoms with Crippen molar-refractivity contribution in [1.29, 1.82) is 0 Å². The number of carbonyl (C=O) groups excluding carboxylic acids is 2. The third-order valence-corrected chi connectivity index (χ3v) is 7.33. The molecular weight excluding hydrogens is 468 g/mol. The highest BCUT2D eigenvalue weighted by Crippen LogP contribution is 2.25. The zero-order valence-electron chi connectivity index (χ0n) is 19.9. The molecule has 0 aliphatic rings. The third kappa shape index (κ3) is 6.09. The summed E-state index contributed by atoms with van der Waals surface area (Å²) in [5, 5.41) is 0. The van der Waals surface area contributed by atoms with Gasteiger partial charge in [0.25, 0.3) is 0 Å². The van der Waals surface area contributed by atoms with E-state index in [0.29, 0.717) is 24.6 Å². The third-order valence-electron chi connectivity index (χ3n) is 5.46. The van der Waals surface area contributed by atoms with E-state index in [4.69, 9.17) is 4.74 Å². The summed E-state index contributed by atoms with van der Waals surface area (Å²) in [6.45, 7) is 5.00. The van der Waals surface area contributed by atoms with Gasteiger partial charge in [-0.15, -0.1) is 0 Å². The zero-order valence-corrected chi connectivity index (χ0v) is 20.7. The second kappa shape index (κ2) is 11.7. The molecule has 0 amide bonds. The SMILES string of the molecule is CCOC(=O)c1cnc(N(CC)CCN(C)S(=O)(=O)c2ccc(-c3ccccc3C=O)cc2)nc1. The highest BCUT2D eigenvalue weighted by atomic mass is 32.2. The first-order valence-electron chi connectivity index (χ1n) is 11.2. The average molecular weight is 497 g/mol. The summed E-state index contributed by atoms with van der Waals surface area (Å²) < 4.78 is 32.4. The second-order valence-electron chi connectivity index (χ2n) is 7.63. The molecule has 0 aliphatic carbocycles. The van der Waals surface area contributed by atoms with Crippen LogP contribution >= 0.6 is 0 Å². The molecule has 0 saturated carbocycles. The summed E-state index contributed by atoms with van der Waals surface area (Å²) in [5.74, 6) is -0.0990. The Hall–Kier alpha value is -3.63. The van der Waals surface area contributed by atoms with Crippen LogP contribution in [0.4, 0.5) is 5.95 Å². The van der Waals surface area contributed by atoms with E-state index >= 15 is 0 Å². The Balaban J connectivity index is 1.68. The van der Waals surface area contributed by atoms with Gasteiger partial charge in [0.15, 0.2) is 6.29 Å². The summed E-state index contributed by atoms with van der Waals surface area (Å²) in [5.41, 5.74) is 2.30. The Labute approximate surface area is 205 Å². The van der Waals surface area contributed by atoms with E-state index in [2.05, 4.69) is 9.97 Å². The molecule has 184 valence electrons. The Morgan fingerprint density at radius 3 is 2.26 bits per heavy atom. The number of benzene rings is 2. The van der Waals surface area contributed by atoms with Gasteiger partial charge >= 0.3 is 5.97 Å². The van der Waals surface area contributed by atoms with Crippen LogP contribution in [0.3, 0.4) is 0 Å². The van der Waals surface area contributed by atoms with E-state index in [-0.39, 0.29) is 23.6 Å². The monoisotopic (exact) mass is 496 g/mol. The number of carbonyl (C=O) groups is 2. The molecule has 0 atom stereocenters. The number of aromatic nitrogens is 2. The van der Waals surface area contributed by atoms with Gasteiger partial charge in [0.1, 0.15) is 0 Å². The Bertz CT molecular complexity index is 1260. The van der Waals surface area contributed by atoms with Crippen molar-refractivity contribution in [3.8, 4) is 11.1 Å². The van der Waals surface area contributed by atoms with E-state index in [1.807, 2.05) is 24.0 Å². The Morgan fingerprint density at radius 1 is 1.00 bits per heavy atom. The van der Waals surface area contributed by atoms with Gasteiger partial charge in [-0.05, 0) is 37.1 Å². The molecule has 0 bridgehead atoms. The zero-order chi connectivity index (χ0) is 25.4. The Kier molecular flexibility index (Phi) is 8.67. The van der Waals surface area contributed by atoms with E-state index < -0.39 is 16.0 Å². The van der Waals surface area contributed by atoms with Crippen LogP contribution in [0.5, 0.6) is 0 Å². The molecule has 0 spiro atoms. The standard InChI is InChI=1S/C25H28N4O5S/c1-4-29(25-26-16-21(17-27-25)24(31)34-5-2)15-14-28(3)35(32,33)22-12-10-19(11-13-22)23-9-7-6-8-20(23)18-30/h6-13,16-18H,4-5,14-15H2,1-3H3. The molecule has 0 radical (unpaired) electrons. The van der Waals surface area contributed by atoms with Gasteiger partial charge in [0.05, 0.1) is 17.1 Å². The number of hydrogen-bond acceptors (Lipinski definition) is 8. The minimum Gasteiger partial charge on any atom is -0.462 e. The topological polar surface area (TPSA) is 110 Å². The first-order chi connectivity index (χ1) is 16.8. The first kappa shape index (κ1) is 26.0. The number of rotatable bonds is 11. The summed E-state index contributed by atoms with van der Waals surface area (Å²) in [7, 11) is -2.21. The van der Waals surface area contributed by atoms with Crippen molar-refractivity contribution in [2.75, 3.05) is 38.2 Å². The van der Waals surface area contributed by atoms with Crippen molar-refractivity contribution in [3.05, 3.63) is 72.1 Å². The largest absolute Gasteiger partial charge is 0.462 e. The molecule has 2 aromatic carbocycles. The molecule has 0 saturated heterocycles. The van der Waals surface area contributed by atoms with Crippen molar-refractivity contribution < 1.29 is 22.7 Å². The first-order valence-corrected chi connectivity index (χ1v) is 12.6. The average Bonchev–Trinajstić information content (AvgIpc) is 2.89. The lowest BCUT2D eigenvalue weighted by Gasteiger charge is -2.24. The highest BCUT2D eigenvalue weighted by Gasteiger charge is 2.22. The fourth-order valence-corrected chi connectivity index (χ4v) is 4.60. The van der Waals surface area contributed by atoms with Gasteiger partial charge in [-0.3, -0.25) is 4.79 Å². The lowest BCUT2D eigenvalue weighted by molar-refractivity contribution is 0.0525. The molecule has 0 unspecified atom stereocenters. The van der Waals surface area contributed by atoms with Gasteiger partial charge in [-0.25, -0.2) is 23.2 Å². The van der Waals surface area contributed by atoms with Crippen LogP contribution in [0.1, 0.15) is 34.6 Å². The summed E-state index contributed by atoms with van der Waals surface area (Å²) in [4.78, 5) is 33.5. The molecule has 0 fully saturated rings. The van der Waals surface area contributed by atoms with Crippen molar-refractivity contribution in [3.63, 3.8) is 0 Å². The predicted octanol–water partition coefficient (Wildman–Crippen LogP) is 3.28. The fraction of sp³-hybridized carbons (Fsp3) is 0.280. The van der Waals surface area contributed by atoms with E-state index in [1.54, 1.807) is 31.2 Å². The van der Waals surface area contributed by atoms with E-state index in [9.17, 15) is 18.0 Å². The molecule has 35 heavy (non-hydrogen) atoms. The van der Waals surface area contributed by atoms with Gasteiger partial charge in [0.2, 0.25) is 16.0 Å². The number of nitrogens with zero attached hydrogens (tertiary/aromatic N) is 4. The highest BCUT2D eigenvalue weighted by molar-refractivity contribution is 7.89. The fourth-order valence-electron chi connectivity index (χ4n) is 3.43. The van der Waals surface area contributed by atoms with Gasteiger partial charge in [-0.2, -0.15) is 4.31 Å². The Morgan fingerprint density at radius 2 is 1.66 bits per heavy atom. The van der Waals surface area contributed by atoms with Crippen LogP contribution in [-0.2, 0) is 14.8 Å². The molecule has 0 N–H and O–H groups in total. The lowest BCUT2D eigenvalue weighted by atomic mass is 10.0. The van der Waals surface area contributed by atoms with E-state index in [0.717, 1.165) is 17.4 Å². The number of anilines is 1. The van der Waals surface area contributed by atoms with Crippen LogP contribution in [0.2, 0.25) is 0 Å². The molecule has 1 aromatic heterocycles. The van der Waals surface area contributed by atoms with E-state index in [1.165, 1.54) is 35.9 Å². The number of likely N-dealkylation sites (N-methyl/N-ethyl adjacent to an activating group) is 2. The minimum absolute atomic E-state index is 0.158. The van der Waals surface area contributed by atoms with Crippen LogP contribution in [0.25, 0.3) is 11.1 Å². The number of ether oxygens (including phenoxy) is 1. The summed E-state index contributed by atoms with van der Waals surface area (Å²) in [6, 6.07) is 13.6. The molecule has 10 heteroatoms. The van der Waals surface area contributed by atoms with Crippen molar-refractivity contribution in [2.45, 2.75) is 18.7 Å². The maximum Gasteiger partial charge on any atom is 0.341 e. The quantitative estimate of drug-likeness (QED) is 0.294. The normalized spacial score (nSPS) is 11.3. The van der Waals surface area contributed by atoms with Crippen molar-refractivity contribution >= 4 is 28.2 Å². The molecular formula is C25H28N4O5S. The van der Waals surface area contributed by atoms with Gasteiger partial charge in [-0.1, -0.05) is 36.4 Å². The smallest absolute Gasteiger partial charge is 0.341 e. The summed E-state index contributed by atoms with van der Waals surface area (Å²) >= 11 is 0. The molecule has 1 heterocycles. The molecule has 0 aliphatic heterocycles. The number of hydrogen-bond donors (Lipinski definition) is 0. The second-order valence-corrected chi connectivity index (χ2v) is 9.67. The molecule has 9 nitrogen and oxygen atoms in total. The lowest BCUT2D eigenvalue weighted by Crippen LogP contribution is -2.37. The van der Waals surface area contributed by atoms with Crippen LogP contribution in [0.15, 0.2) is 65.8 Å². The molecule has 3 aromatic rings. The summed E-state index contributed by atoms with van der Waals surface area (Å²) in [6.07, 6.45) is 3.57. The van der Waals surface area contributed by atoms with Crippen molar-refractivity contribution in [2.24, 2.45) is 0 Å². The number of sulfonamides is 1.